The number of methoxy groups -OCH3 is 1. The zero-order chi connectivity index (χ0) is 20.9. The number of aromatic nitrogens is 1. The van der Waals surface area contributed by atoms with Crippen LogP contribution in [0.25, 0.3) is 11.3 Å². The van der Waals surface area contributed by atoms with Crippen molar-refractivity contribution in [1.82, 2.24) is 4.57 Å². The molecule has 2 aliphatic rings. The molecule has 29 heavy (non-hydrogen) atoms. The van der Waals surface area contributed by atoms with Gasteiger partial charge in [-0.1, -0.05) is 13.8 Å². The number of carbonyl (C=O) groups excluding carboxylic acids is 1. The van der Waals surface area contributed by atoms with Gasteiger partial charge in [-0.2, -0.15) is 0 Å². The fourth-order valence-corrected chi connectivity index (χ4v) is 4.56. The van der Waals surface area contributed by atoms with Crippen LogP contribution in [0.2, 0.25) is 0 Å². The average Bonchev–Trinajstić information content (AvgIpc) is 3.13. The molecule has 2 atom stereocenters. The van der Waals surface area contributed by atoms with Crippen molar-refractivity contribution in [2.24, 2.45) is 5.92 Å². The van der Waals surface area contributed by atoms with E-state index in [-0.39, 0.29) is 17.6 Å². The van der Waals surface area contributed by atoms with Gasteiger partial charge in [-0.3, -0.25) is 4.79 Å². The average molecular weight is 396 g/mol. The zero-order valence-electron chi connectivity index (χ0n) is 17.4. The third kappa shape index (κ3) is 3.35. The highest BCUT2D eigenvalue weighted by atomic mass is 16.5. The first-order chi connectivity index (χ1) is 13.8. The molecule has 1 N–H and O–H groups in total. The maximum atomic E-state index is 12.6. The molecule has 1 unspecified atom stereocenters. The van der Waals surface area contributed by atoms with Crippen LogP contribution in [0.3, 0.4) is 0 Å². The molecule has 6 nitrogen and oxygen atoms in total. The Hall–Kier alpha value is -2.60. The molecular formula is C23H28N2O4. The fourth-order valence-electron chi connectivity index (χ4n) is 4.56. The minimum Gasteiger partial charge on any atom is -0.465 e. The van der Waals surface area contributed by atoms with E-state index in [1.165, 1.54) is 7.11 Å². The number of esters is 1. The van der Waals surface area contributed by atoms with Crippen LogP contribution in [0.1, 0.15) is 47.8 Å². The van der Waals surface area contributed by atoms with E-state index in [0.29, 0.717) is 31.0 Å². The molecule has 1 fully saturated rings. The number of rotatable bonds is 3. The van der Waals surface area contributed by atoms with E-state index >= 15 is 0 Å². The predicted molar refractivity (Wildman–Crippen MR) is 113 cm³/mol. The van der Waals surface area contributed by atoms with Crippen molar-refractivity contribution < 1.29 is 14.6 Å². The van der Waals surface area contributed by atoms with Gasteiger partial charge in [-0.05, 0) is 43.4 Å². The number of aryl methyl sites for hydroxylation is 1. The summed E-state index contributed by atoms with van der Waals surface area (Å²) in [6.45, 7) is 7.42. The number of hydrogen-bond acceptors (Lipinski definition) is 5. The van der Waals surface area contributed by atoms with Crippen LogP contribution in [0, 0.1) is 12.8 Å². The number of anilines is 1. The molecule has 3 heterocycles. The zero-order valence-corrected chi connectivity index (χ0v) is 17.4. The van der Waals surface area contributed by atoms with Crippen molar-refractivity contribution in [3.05, 3.63) is 51.3 Å². The largest absolute Gasteiger partial charge is 0.465 e. The lowest BCUT2D eigenvalue weighted by Gasteiger charge is -2.34. The molecule has 6 heteroatoms. The number of nitrogens with zero attached hydrogens (tertiary/aromatic N) is 2. The van der Waals surface area contributed by atoms with Gasteiger partial charge in [0.1, 0.15) is 0 Å². The van der Waals surface area contributed by atoms with Crippen molar-refractivity contribution in [1.29, 1.82) is 0 Å². The molecule has 0 bridgehead atoms. The number of ether oxygens (including phenoxy) is 1. The van der Waals surface area contributed by atoms with E-state index in [1.54, 1.807) is 6.07 Å². The first kappa shape index (κ1) is 19.7. The highest BCUT2D eigenvalue weighted by molar-refractivity contribution is 5.98. The smallest absolute Gasteiger partial charge is 0.339 e. The van der Waals surface area contributed by atoms with Crippen LogP contribution in [0.4, 0.5) is 5.69 Å². The van der Waals surface area contributed by atoms with Gasteiger partial charge >= 0.3 is 5.97 Å². The topological polar surface area (TPSA) is 71.8 Å². The lowest BCUT2D eigenvalue weighted by molar-refractivity contribution is 0.0601. The van der Waals surface area contributed by atoms with Crippen molar-refractivity contribution in [3.8, 4) is 11.3 Å². The Balaban J connectivity index is 1.94. The van der Waals surface area contributed by atoms with E-state index in [1.807, 2.05) is 19.2 Å². The molecule has 1 aromatic carbocycles. The minimum absolute atomic E-state index is 0.00188. The summed E-state index contributed by atoms with van der Waals surface area (Å²) in [7, 11) is 1.38. The number of carbonyl (C=O) groups is 1. The highest BCUT2D eigenvalue weighted by Crippen LogP contribution is 2.41. The van der Waals surface area contributed by atoms with Crippen LogP contribution >= 0.6 is 0 Å². The molecule has 154 valence electrons. The van der Waals surface area contributed by atoms with Gasteiger partial charge < -0.3 is 19.3 Å². The number of hydrogen-bond donors (Lipinski definition) is 1. The first-order valence-electron chi connectivity index (χ1n) is 10.2. The summed E-state index contributed by atoms with van der Waals surface area (Å²) in [5, 5.41) is 9.99. The minimum atomic E-state index is -0.406. The van der Waals surface area contributed by atoms with Crippen LogP contribution in [0.15, 0.2) is 29.2 Å². The molecule has 0 aliphatic carbocycles. The fraction of sp³-hybridized carbons (Fsp3) is 0.478. The number of aliphatic hydroxyl groups excluding tert-OH is 1. The summed E-state index contributed by atoms with van der Waals surface area (Å²) in [5.74, 6) is -0.0164. The van der Waals surface area contributed by atoms with Crippen molar-refractivity contribution in [2.45, 2.75) is 45.8 Å². The monoisotopic (exact) mass is 396 g/mol. The van der Waals surface area contributed by atoms with Gasteiger partial charge in [0.05, 0.1) is 30.2 Å². The second-order valence-corrected chi connectivity index (χ2v) is 8.54. The number of aliphatic hydroxyl groups is 1. The molecule has 2 aliphatic heterocycles. The van der Waals surface area contributed by atoms with E-state index in [2.05, 4.69) is 29.4 Å². The normalized spacial score (nSPS) is 20.6. The maximum Gasteiger partial charge on any atom is 0.339 e. The predicted octanol–water partition coefficient (Wildman–Crippen LogP) is 2.93. The molecule has 0 radical (unpaired) electrons. The quantitative estimate of drug-likeness (QED) is 0.808. The number of pyridine rings is 1. The SMILES string of the molecule is COC(=O)c1cc2c(cc1N1CC[C@H](O)C1)CC(C(C)C)n1cc(C)c(=O)cc1-2. The maximum absolute atomic E-state index is 12.6. The highest BCUT2D eigenvalue weighted by Gasteiger charge is 2.31. The Labute approximate surface area is 170 Å². The standard InChI is InChI=1S/C23H28N2O4/c1-13(2)19-7-15-8-20(24-6-5-16(26)12-24)18(23(28)29-4)9-17(15)21-10-22(27)14(3)11-25(19)21/h8-11,13,16,19,26H,5-7,12H2,1-4H3/t16-,19?/m0/s1. The summed E-state index contributed by atoms with van der Waals surface area (Å²) in [4.78, 5) is 27.1. The van der Waals surface area contributed by atoms with Gasteiger partial charge in [-0.15, -0.1) is 0 Å². The third-order valence-electron chi connectivity index (χ3n) is 6.23. The number of β-amino-alcohol motifs (C(OH)–C–C–N with tert-alkyl or cyclic N) is 1. The lowest BCUT2D eigenvalue weighted by Crippen LogP contribution is -2.28. The Morgan fingerprint density at radius 1 is 1.28 bits per heavy atom. The van der Waals surface area contributed by atoms with Gasteiger partial charge in [0.2, 0.25) is 0 Å². The van der Waals surface area contributed by atoms with E-state index in [0.717, 1.165) is 34.5 Å². The van der Waals surface area contributed by atoms with Gasteiger partial charge in [-0.25, -0.2) is 4.79 Å². The van der Waals surface area contributed by atoms with Gasteiger partial charge in [0.25, 0.3) is 0 Å². The Bertz CT molecular complexity index is 1020. The summed E-state index contributed by atoms with van der Waals surface area (Å²) in [6.07, 6.45) is 3.06. The van der Waals surface area contributed by atoms with Crippen molar-refractivity contribution in [2.75, 3.05) is 25.1 Å². The summed E-state index contributed by atoms with van der Waals surface area (Å²) < 4.78 is 7.23. The Morgan fingerprint density at radius 3 is 2.66 bits per heavy atom. The van der Waals surface area contributed by atoms with Gasteiger partial charge in [0.15, 0.2) is 5.43 Å². The summed E-state index contributed by atoms with van der Waals surface area (Å²) >= 11 is 0. The molecule has 0 amide bonds. The molecule has 1 aromatic heterocycles. The van der Waals surface area contributed by atoms with Crippen LogP contribution in [-0.2, 0) is 11.2 Å². The van der Waals surface area contributed by atoms with E-state index in [9.17, 15) is 14.7 Å². The third-order valence-corrected chi connectivity index (χ3v) is 6.23. The van der Waals surface area contributed by atoms with Crippen LogP contribution in [0.5, 0.6) is 0 Å². The molecule has 2 aromatic rings. The number of benzene rings is 1. The first-order valence-corrected chi connectivity index (χ1v) is 10.2. The Morgan fingerprint density at radius 2 is 2.03 bits per heavy atom. The molecular weight excluding hydrogens is 368 g/mol. The molecule has 4 rings (SSSR count). The van der Waals surface area contributed by atoms with E-state index in [4.69, 9.17) is 4.74 Å². The van der Waals surface area contributed by atoms with Crippen molar-refractivity contribution in [3.63, 3.8) is 0 Å². The Kier molecular flexibility index (Phi) is 4.99. The molecule has 0 saturated carbocycles. The lowest BCUT2D eigenvalue weighted by atomic mass is 9.86. The van der Waals surface area contributed by atoms with Gasteiger partial charge in [0, 0.05) is 42.5 Å². The number of fused-ring (bicyclic) bond motifs is 3. The molecule has 0 spiro atoms. The second-order valence-electron chi connectivity index (χ2n) is 8.54. The summed E-state index contributed by atoms with van der Waals surface area (Å²) in [5.41, 5.74) is 4.87. The van der Waals surface area contributed by atoms with Crippen LogP contribution in [-0.4, -0.2) is 41.9 Å². The van der Waals surface area contributed by atoms with E-state index < -0.39 is 5.97 Å². The molecule has 1 saturated heterocycles. The van der Waals surface area contributed by atoms with Crippen LogP contribution < -0.4 is 10.3 Å². The second kappa shape index (κ2) is 7.34. The van der Waals surface area contributed by atoms with Crippen molar-refractivity contribution >= 4 is 11.7 Å². The summed E-state index contributed by atoms with van der Waals surface area (Å²) in [6, 6.07) is 5.84.